The third kappa shape index (κ3) is 4.08. The highest BCUT2D eigenvalue weighted by molar-refractivity contribution is 6.18. The standard InChI is InChI=1S/C29H26N2O2/c1-2-7-20-14-17-24-27(18-20)31(26-11-6-10-25(28(24)26)29(30)32)19-21-12-15-23(16-13-21)33-22-8-4-3-5-9-22/h3-6,8-18H,2,7,19H2,1H3,(H2,30,32). The quantitative estimate of drug-likeness (QED) is 0.310. The van der Waals surface area contributed by atoms with Gasteiger partial charge in [-0.05, 0) is 60.0 Å². The largest absolute Gasteiger partial charge is 0.457 e. The van der Waals surface area contributed by atoms with Gasteiger partial charge in [0.05, 0.1) is 5.52 Å². The van der Waals surface area contributed by atoms with Gasteiger partial charge in [-0.3, -0.25) is 4.79 Å². The molecule has 1 heterocycles. The Labute approximate surface area is 193 Å². The van der Waals surface area contributed by atoms with Gasteiger partial charge >= 0.3 is 0 Å². The zero-order valence-electron chi connectivity index (χ0n) is 18.6. The fourth-order valence-electron chi connectivity index (χ4n) is 4.48. The zero-order chi connectivity index (χ0) is 22.8. The van der Waals surface area contributed by atoms with Gasteiger partial charge in [0.2, 0.25) is 5.91 Å². The smallest absolute Gasteiger partial charge is 0.249 e. The molecule has 2 N–H and O–H groups in total. The second-order valence-corrected chi connectivity index (χ2v) is 8.31. The van der Waals surface area contributed by atoms with Crippen molar-refractivity contribution < 1.29 is 9.53 Å². The lowest BCUT2D eigenvalue weighted by Crippen LogP contribution is -2.11. The van der Waals surface area contributed by atoms with E-state index in [9.17, 15) is 4.79 Å². The predicted octanol–water partition coefficient (Wildman–Crippen LogP) is 6.69. The first kappa shape index (κ1) is 20.8. The summed E-state index contributed by atoms with van der Waals surface area (Å²) in [5.74, 6) is 1.21. The van der Waals surface area contributed by atoms with Crippen LogP contribution in [0.5, 0.6) is 11.5 Å². The summed E-state index contributed by atoms with van der Waals surface area (Å²) in [6.45, 7) is 2.87. The second-order valence-electron chi connectivity index (χ2n) is 8.31. The highest BCUT2D eigenvalue weighted by Gasteiger charge is 2.17. The third-order valence-corrected chi connectivity index (χ3v) is 6.00. The lowest BCUT2D eigenvalue weighted by molar-refractivity contribution is 0.100. The van der Waals surface area contributed by atoms with Crippen LogP contribution in [0.15, 0.2) is 91.0 Å². The van der Waals surface area contributed by atoms with Crippen LogP contribution >= 0.6 is 0 Å². The Kier molecular flexibility index (Phi) is 5.57. The molecule has 0 aliphatic rings. The summed E-state index contributed by atoms with van der Waals surface area (Å²) in [6.07, 6.45) is 2.10. The van der Waals surface area contributed by atoms with E-state index in [0.29, 0.717) is 12.1 Å². The monoisotopic (exact) mass is 434 g/mol. The van der Waals surface area contributed by atoms with Crippen LogP contribution < -0.4 is 10.5 Å². The summed E-state index contributed by atoms with van der Waals surface area (Å²) in [5, 5.41) is 1.98. The van der Waals surface area contributed by atoms with E-state index in [4.69, 9.17) is 10.5 Å². The van der Waals surface area contributed by atoms with Gasteiger partial charge in [-0.15, -0.1) is 0 Å². The number of carbonyl (C=O) groups is 1. The second kappa shape index (κ2) is 8.83. The number of fused-ring (bicyclic) bond motifs is 3. The van der Waals surface area contributed by atoms with Crippen LogP contribution in [0.1, 0.15) is 34.8 Å². The van der Waals surface area contributed by atoms with Crippen molar-refractivity contribution in [2.24, 2.45) is 5.73 Å². The molecule has 0 aliphatic heterocycles. The molecule has 5 rings (SSSR count). The summed E-state index contributed by atoms with van der Waals surface area (Å²) in [6, 6.07) is 30.2. The number of nitrogens with two attached hydrogens (primary N) is 1. The number of carbonyl (C=O) groups excluding carboxylic acids is 1. The van der Waals surface area contributed by atoms with Crippen LogP contribution in [0, 0.1) is 0 Å². The van der Waals surface area contributed by atoms with Crippen molar-refractivity contribution in [3.05, 3.63) is 108 Å². The van der Waals surface area contributed by atoms with Gasteiger partial charge in [-0.2, -0.15) is 0 Å². The molecule has 1 aromatic heterocycles. The zero-order valence-corrected chi connectivity index (χ0v) is 18.6. The van der Waals surface area contributed by atoms with Crippen molar-refractivity contribution in [1.82, 2.24) is 4.57 Å². The van der Waals surface area contributed by atoms with E-state index in [2.05, 4.69) is 47.9 Å². The first-order valence-corrected chi connectivity index (χ1v) is 11.3. The Hall–Kier alpha value is -4.05. The molecular formula is C29H26N2O2. The van der Waals surface area contributed by atoms with Crippen LogP contribution in [-0.4, -0.2) is 10.5 Å². The van der Waals surface area contributed by atoms with Gasteiger partial charge < -0.3 is 15.0 Å². The summed E-state index contributed by atoms with van der Waals surface area (Å²) in [4.78, 5) is 12.2. The molecule has 0 radical (unpaired) electrons. The van der Waals surface area contributed by atoms with Crippen molar-refractivity contribution in [2.45, 2.75) is 26.3 Å². The van der Waals surface area contributed by atoms with Crippen LogP contribution in [0.3, 0.4) is 0 Å². The molecule has 4 aromatic carbocycles. The Morgan fingerprint density at radius 3 is 2.27 bits per heavy atom. The minimum atomic E-state index is -0.403. The molecule has 1 amide bonds. The minimum absolute atomic E-state index is 0.403. The van der Waals surface area contributed by atoms with Gasteiger partial charge in [0, 0.05) is 28.4 Å². The molecule has 5 aromatic rings. The average Bonchev–Trinajstić information content (AvgIpc) is 3.14. The van der Waals surface area contributed by atoms with E-state index in [-0.39, 0.29) is 0 Å². The van der Waals surface area contributed by atoms with Gasteiger partial charge in [0.25, 0.3) is 0 Å². The highest BCUT2D eigenvalue weighted by Crippen LogP contribution is 2.33. The van der Waals surface area contributed by atoms with Gasteiger partial charge in [-0.25, -0.2) is 0 Å². The molecule has 33 heavy (non-hydrogen) atoms. The summed E-state index contributed by atoms with van der Waals surface area (Å²) >= 11 is 0. The lowest BCUT2D eigenvalue weighted by atomic mass is 10.0. The van der Waals surface area contributed by atoms with Crippen LogP contribution in [-0.2, 0) is 13.0 Å². The molecule has 0 spiro atoms. The topological polar surface area (TPSA) is 57.2 Å². The van der Waals surface area contributed by atoms with E-state index in [1.54, 1.807) is 0 Å². The van der Waals surface area contributed by atoms with E-state index in [1.165, 1.54) is 5.56 Å². The number of ether oxygens (including phenoxy) is 1. The van der Waals surface area contributed by atoms with Crippen LogP contribution in [0.4, 0.5) is 0 Å². The molecule has 0 atom stereocenters. The fraction of sp³-hybridized carbons (Fsp3) is 0.138. The number of para-hydroxylation sites is 1. The maximum absolute atomic E-state index is 12.2. The van der Waals surface area contributed by atoms with Gasteiger partial charge in [0.15, 0.2) is 0 Å². The van der Waals surface area contributed by atoms with Crippen molar-refractivity contribution in [2.75, 3.05) is 0 Å². The molecule has 0 saturated heterocycles. The molecule has 0 saturated carbocycles. The van der Waals surface area contributed by atoms with Gasteiger partial charge in [-0.1, -0.05) is 61.9 Å². The molecule has 0 unspecified atom stereocenters. The summed E-state index contributed by atoms with van der Waals surface area (Å²) in [7, 11) is 0. The first-order valence-electron chi connectivity index (χ1n) is 11.3. The first-order chi connectivity index (χ1) is 16.1. The number of hydrogen-bond donors (Lipinski definition) is 1. The molecule has 4 nitrogen and oxygen atoms in total. The maximum atomic E-state index is 12.2. The Balaban J connectivity index is 1.57. The summed E-state index contributed by atoms with van der Waals surface area (Å²) < 4.78 is 8.22. The van der Waals surface area contributed by atoms with E-state index < -0.39 is 5.91 Å². The molecule has 4 heteroatoms. The Morgan fingerprint density at radius 1 is 0.818 bits per heavy atom. The van der Waals surface area contributed by atoms with Gasteiger partial charge in [0.1, 0.15) is 11.5 Å². The maximum Gasteiger partial charge on any atom is 0.249 e. The van der Waals surface area contributed by atoms with E-state index in [1.807, 2.05) is 54.6 Å². The number of aromatic nitrogens is 1. The number of aryl methyl sites for hydroxylation is 1. The molecular weight excluding hydrogens is 408 g/mol. The Morgan fingerprint density at radius 2 is 1.55 bits per heavy atom. The van der Waals surface area contributed by atoms with Crippen molar-refractivity contribution in [1.29, 1.82) is 0 Å². The number of rotatable bonds is 7. The van der Waals surface area contributed by atoms with Crippen molar-refractivity contribution in [3.63, 3.8) is 0 Å². The average molecular weight is 435 g/mol. The van der Waals surface area contributed by atoms with E-state index in [0.717, 1.165) is 51.7 Å². The molecule has 0 fully saturated rings. The van der Waals surface area contributed by atoms with Crippen LogP contribution in [0.2, 0.25) is 0 Å². The minimum Gasteiger partial charge on any atom is -0.457 e. The molecule has 0 bridgehead atoms. The van der Waals surface area contributed by atoms with Crippen molar-refractivity contribution >= 4 is 27.7 Å². The van der Waals surface area contributed by atoms with E-state index >= 15 is 0 Å². The predicted molar refractivity (Wildman–Crippen MR) is 134 cm³/mol. The fourth-order valence-corrected chi connectivity index (χ4v) is 4.48. The summed E-state index contributed by atoms with van der Waals surface area (Å²) in [5.41, 5.74) is 10.9. The number of amides is 1. The molecule has 164 valence electrons. The van der Waals surface area contributed by atoms with Crippen LogP contribution in [0.25, 0.3) is 21.8 Å². The van der Waals surface area contributed by atoms with Crippen molar-refractivity contribution in [3.8, 4) is 11.5 Å². The molecule has 0 aliphatic carbocycles. The highest BCUT2D eigenvalue weighted by atomic mass is 16.5. The third-order valence-electron chi connectivity index (χ3n) is 6.00. The lowest BCUT2D eigenvalue weighted by Gasteiger charge is -2.10. The number of hydrogen-bond acceptors (Lipinski definition) is 2. The SMILES string of the molecule is CCCc1ccc2c3c(C(N)=O)cccc3n(Cc3ccc(Oc4ccccc4)cc3)c2c1. The number of nitrogens with zero attached hydrogens (tertiary/aromatic N) is 1. The normalized spacial score (nSPS) is 11.2. The number of primary amides is 1. The Bertz CT molecular complexity index is 1430. The number of benzene rings is 4.